The summed E-state index contributed by atoms with van der Waals surface area (Å²) in [6.07, 6.45) is 4.63. The lowest BCUT2D eigenvalue weighted by Gasteiger charge is -2.25. The Balaban J connectivity index is 2.58. The van der Waals surface area contributed by atoms with Crippen LogP contribution in [0.15, 0.2) is 22.8 Å². The van der Waals surface area contributed by atoms with E-state index in [1.807, 2.05) is 12.1 Å². The molecule has 13 heavy (non-hydrogen) atoms. The van der Waals surface area contributed by atoms with Gasteiger partial charge in [-0.3, -0.25) is 0 Å². The zero-order chi connectivity index (χ0) is 9.73. The Bertz CT molecular complexity index is 228. The third-order valence-electron chi connectivity index (χ3n) is 2.42. The van der Waals surface area contributed by atoms with Crippen molar-refractivity contribution in [3.8, 4) is 0 Å². The second-order valence-corrected chi connectivity index (χ2v) is 3.97. The molecule has 1 atom stereocenters. The summed E-state index contributed by atoms with van der Waals surface area (Å²) < 4.78 is 5.27. The molecule has 1 N–H and O–H groups in total. The van der Waals surface area contributed by atoms with Crippen LogP contribution in [0, 0.1) is 5.41 Å². The quantitative estimate of drug-likeness (QED) is 0.759. The molecule has 1 aromatic heterocycles. The Morgan fingerprint density at radius 1 is 1.54 bits per heavy atom. The molecule has 0 amide bonds. The van der Waals surface area contributed by atoms with Crippen molar-refractivity contribution in [1.29, 1.82) is 0 Å². The molecule has 0 saturated heterocycles. The van der Waals surface area contributed by atoms with E-state index < -0.39 is 0 Å². The van der Waals surface area contributed by atoms with Crippen LogP contribution >= 0.6 is 0 Å². The van der Waals surface area contributed by atoms with Crippen molar-refractivity contribution in [3.63, 3.8) is 0 Å². The van der Waals surface area contributed by atoms with Crippen molar-refractivity contribution in [2.45, 2.75) is 33.1 Å². The van der Waals surface area contributed by atoms with Crippen LogP contribution in [0.2, 0.25) is 0 Å². The van der Waals surface area contributed by atoms with Crippen molar-refractivity contribution in [2.75, 3.05) is 6.61 Å². The van der Waals surface area contributed by atoms with Crippen molar-refractivity contribution in [2.24, 2.45) is 5.41 Å². The minimum absolute atomic E-state index is 0.0212. The summed E-state index contributed by atoms with van der Waals surface area (Å²) >= 11 is 0. The maximum Gasteiger partial charge on any atom is 0.104 e. The van der Waals surface area contributed by atoms with Gasteiger partial charge in [0, 0.05) is 13.0 Å². The van der Waals surface area contributed by atoms with E-state index in [4.69, 9.17) is 4.42 Å². The fourth-order valence-corrected chi connectivity index (χ4v) is 1.66. The summed E-state index contributed by atoms with van der Waals surface area (Å²) in [6.45, 7) is 4.45. The first-order valence-electron chi connectivity index (χ1n) is 4.83. The second kappa shape index (κ2) is 4.47. The molecule has 1 heterocycles. The van der Waals surface area contributed by atoms with Gasteiger partial charge in [-0.2, -0.15) is 0 Å². The summed E-state index contributed by atoms with van der Waals surface area (Å²) in [7, 11) is 0. The molecule has 0 aliphatic carbocycles. The molecule has 0 aliphatic rings. The Kier molecular flexibility index (Phi) is 3.55. The third kappa shape index (κ3) is 2.88. The van der Waals surface area contributed by atoms with Gasteiger partial charge in [-0.15, -0.1) is 0 Å². The van der Waals surface area contributed by atoms with Crippen LogP contribution < -0.4 is 0 Å². The first-order chi connectivity index (χ1) is 6.20. The van der Waals surface area contributed by atoms with Gasteiger partial charge in [-0.05, 0) is 24.0 Å². The highest BCUT2D eigenvalue weighted by Crippen LogP contribution is 2.27. The van der Waals surface area contributed by atoms with E-state index in [2.05, 4.69) is 13.8 Å². The number of furan rings is 1. The van der Waals surface area contributed by atoms with Gasteiger partial charge in [-0.25, -0.2) is 0 Å². The lowest BCUT2D eigenvalue weighted by Crippen LogP contribution is -2.23. The molecule has 0 saturated carbocycles. The maximum absolute atomic E-state index is 9.27. The molecule has 0 bridgehead atoms. The summed E-state index contributed by atoms with van der Waals surface area (Å²) in [4.78, 5) is 0. The fraction of sp³-hybridized carbons (Fsp3) is 0.636. The summed E-state index contributed by atoms with van der Waals surface area (Å²) in [5.74, 6) is 0.963. The highest BCUT2D eigenvalue weighted by atomic mass is 16.3. The molecule has 0 fully saturated rings. The molecule has 0 spiro atoms. The molecule has 1 rings (SSSR count). The smallest absolute Gasteiger partial charge is 0.104 e. The molecule has 2 nitrogen and oxygen atoms in total. The molecule has 0 aliphatic heterocycles. The van der Waals surface area contributed by atoms with Gasteiger partial charge < -0.3 is 9.52 Å². The zero-order valence-corrected chi connectivity index (χ0v) is 8.42. The van der Waals surface area contributed by atoms with E-state index in [0.717, 1.165) is 25.0 Å². The fourth-order valence-electron chi connectivity index (χ4n) is 1.66. The largest absolute Gasteiger partial charge is 0.469 e. The van der Waals surface area contributed by atoms with E-state index in [1.165, 1.54) is 0 Å². The van der Waals surface area contributed by atoms with Crippen molar-refractivity contribution >= 4 is 0 Å². The van der Waals surface area contributed by atoms with Crippen LogP contribution in [-0.4, -0.2) is 11.7 Å². The van der Waals surface area contributed by atoms with Crippen LogP contribution in [0.3, 0.4) is 0 Å². The number of hydrogen-bond acceptors (Lipinski definition) is 2. The Morgan fingerprint density at radius 3 is 2.77 bits per heavy atom. The standard InChI is InChI=1S/C11H18O2/c1-3-6-11(2,9-12)8-10-5-4-7-13-10/h4-5,7,12H,3,6,8-9H2,1-2H3. The number of rotatable bonds is 5. The van der Waals surface area contributed by atoms with Gasteiger partial charge in [0.15, 0.2) is 0 Å². The van der Waals surface area contributed by atoms with Gasteiger partial charge in [-0.1, -0.05) is 20.3 Å². The number of hydrogen-bond donors (Lipinski definition) is 1. The van der Waals surface area contributed by atoms with Gasteiger partial charge in [0.2, 0.25) is 0 Å². The first kappa shape index (κ1) is 10.3. The van der Waals surface area contributed by atoms with Crippen molar-refractivity contribution in [1.82, 2.24) is 0 Å². The van der Waals surface area contributed by atoms with Crippen LogP contribution in [-0.2, 0) is 6.42 Å². The number of aliphatic hydroxyl groups excluding tert-OH is 1. The molecule has 74 valence electrons. The molecular weight excluding hydrogens is 164 g/mol. The monoisotopic (exact) mass is 182 g/mol. The highest BCUT2D eigenvalue weighted by molar-refractivity contribution is 5.01. The lowest BCUT2D eigenvalue weighted by atomic mass is 9.82. The van der Waals surface area contributed by atoms with E-state index in [-0.39, 0.29) is 12.0 Å². The molecule has 1 unspecified atom stereocenters. The topological polar surface area (TPSA) is 33.4 Å². The van der Waals surface area contributed by atoms with Gasteiger partial charge in [0.05, 0.1) is 6.26 Å². The Morgan fingerprint density at radius 2 is 2.31 bits per heavy atom. The predicted molar refractivity (Wildman–Crippen MR) is 52.5 cm³/mol. The average Bonchev–Trinajstić information content (AvgIpc) is 2.57. The molecule has 1 aromatic rings. The van der Waals surface area contributed by atoms with E-state index >= 15 is 0 Å². The molecule has 0 aromatic carbocycles. The maximum atomic E-state index is 9.27. The zero-order valence-electron chi connectivity index (χ0n) is 8.42. The normalized spacial score (nSPS) is 15.6. The summed E-state index contributed by atoms with van der Waals surface area (Å²) in [6, 6.07) is 3.85. The molecule has 0 radical (unpaired) electrons. The molecule has 2 heteroatoms. The van der Waals surface area contributed by atoms with Gasteiger partial charge in [0.1, 0.15) is 5.76 Å². The van der Waals surface area contributed by atoms with Crippen LogP contribution in [0.25, 0.3) is 0 Å². The van der Waals surface area contributed by atoms with E-state index in [9.17, 15) is 5.11 Å². The first-order valence-corrected chi connectivity index (χ1v) is 4.83. The SMILES string of the molecule is CCCC(C)(CO)Cc1ccco1. The van der Waals surface area contributed by atoms with Crippen molar-refractivity contribution < 1.29 is 9.52 Å². The highest BCUT2D eigenvalue weighted by Gasteiger charge is 2.23. The van der Waals surface area contributed by atoms with Crippen LogP contribution in [0.5, 0.6) is 0 Å². The minimum Gasteiger partial charge on any atom is -0.469 e. The minimum atomic E-state index is -0.0212. The summed E-state index contributed by atoms with van der Waals surface area (Å²) in [5.41, 5.74) is -0.0212. The predicted octanol–water partition coefficient (Wildman–Crippen LogP) is 2.62. The van der Waals surface area contributed by atoms with Gasteiger partial charge in [0.25, 0.3) is 0 Å². The Hall–Kier alpha value is -0.760. The third-order valence-corrected chi connectivity index (χ3v) is 2.42. The Labute approximate surface area is 79.6 Å². The van der Waals surface area contributed by atoms with Crippen LogP contribution in [0.1, 0.15) is 32.4 Å². The lowest BCUT2D eigenvalue weighted by molar-refractivity contribution is 0.125. The van der Waals surface area contributed by atoms with Crippen molar-refractivity contribution in [3.05, 3.63) is 24.2 Å². The van der Waals surface area contributed by atoms with E-state index in [1.54, 1.807) is 6.26 Å². The summed E-state index contributed by atoms with van der Waals surface area (Å²) in [5, 5.41) is 9.27. The number of aliphatic hydroxyl groups is 1. The van der Waals surface area contributed by atoms with E-state index in [0.29, 0.717) is 0 Å². The second-order valence-electron chi connectivity index (χ2n) is 3.97. The van der Waals surface area contributed by atoms with Gasteiger partial charge >= 0.3 is 0 Å². The average molecular weight is 182 g/mol. The molecular formula is C11H18O2. The van der Waals surface area contributed by atoms with Crippen LogP contribution in [0.4, 0.5) is 0 Å².